The summed E-state index contributed by atoms with van der Waals surface area (Å²) in [5.74, 6) is 0. The topological polar surface area (TPSA) is 50.9 Å². The fourth-order valence-electron chi connectivity index (χ4n) is 10.6. The Hall–Kier alpha value is -9.29. The first-order valence-electron chi connectivity index (χ1n) is 22.1. The third kappa shape index (κ3) is 5.35. The van der Waals surface area contributed by atoms with Crippen LogP contribution >= 0.6 is 0 Å². The van der Waals surface area contributed by atoms with Crippen molar-refractivity contribution in [1.29, 1.82) is 5.26 Å². The van der Waals surface area contributed by atoms with Gasteiger partial charge in [0.2, 0.25) is 5.69 Å². The molecule has 304 valence electrons. The van der Waals surface area contributed by atoms with Crippen molar-refractivity contribution in [3.05, 3.63) is 229 Å². The summed E-state index contributed by atoms with van der Waals surface area (Å²) >= 11 is 0. The van der Waals surface area contributed by atoms with Gasteiger partial charge < -0.3 is 9.13 Å². The molecule has 0 atom stereocenters. The first kappa shape index (κ1) is 37.3. The first-order chi connectivity index (χ1) is 32.7. The molecular formula is C61H35N5. The highest BCUT2D eigenvalue weighted by Gasteiger charge is 2.32. The Morgan fingerprint density at radius 2 is 0.894 bits per heavy atom. The van der Waals surface area contributed by atoms with Gasteiger partial charge in [0.1, 0.15) is 6.07 Å². The first-order valence-corrected chi connectivity index (χ1v) is 22.1. The van der Waals surface area contributed by atoms with E-state index in [1.54, 1.807) is 0 Å². The van der Waals surface area contributed by atoms with E-state index in [9.17, 15) is 11.8 Å². The summed E-state index contributed by atoms with van der Waals surface area (Å²) in [5, 5.41) is 19.5. The fourth-order valence-corrected chi connectivity index (χ4v) is 10.6. The highest BCUT2D eigenvalue weighted by molar-refractivity contribution is 6.34. The molecule has 0 bridgehead atoms. The van der Waals surface area contributed by atoms with Crippen molar-refractivity contribution in [3.8, 4) is 62.0 Å². The third-order valence-electron chi connectivity index (χ3n) is 13.4. The molecule has 0 N–H and O–H groups in total. The van der Waals surface area contributed by atoms with Gasteiger partial charge in [-0.05, 0) is 69.1 Å². The van der Waals surface area contributed by atoms with Crippen molar-refractivity contribution in [2.75, 3.05) is 0 Å². The zero-order chi connectivity index (χ0) is 43.9. The second kappa shape index (κ2) is 14.6. The number of hydrogen-bond acceptors (Lipinski definition) is 2. The smallest absolute Gasteiger partial charge is 0.220 e. The zero-order valence-corrected chi connectivity index (χ0v) is 35.4. The second-order valence-corrected chi connectivity index (χ2v) is 16.8. The van der Waals surface area contributed by atoms with Crippen LogP contribution in [0.5, 0.6) is 0 Å². The molecule has 3 heterocycles. The van der Waals surface area contributed by atoms with Crippen LogP contribution in [0, 0.1) is 17.9 Å². The Bertz CT molecular complexity index is 3970. The molecule has 66 heavy (non-hydrogen) atoms. The minimum atomic E-state index is 0.403. The molecule has 10 aromatic carbocycles. The number of nitrogens with zero attached hydrogens (tertiary/aromatic N) is 5. The maximum absolute atomic E-state index is 11.9. The lowest BCUT2D eigenvalue weighted by Crippen LogP contribution is -2.08. The van der Waals surface area contributed by atoms with Gasteiger partial charge in [0.25, 0.3) is 0 Å². The SMILES string of the molecule is [C-]#[N+]c1c(-c2ccccc2)c(C#N)c(-n2c3cc(-c4ccccc4)ccc3c3ccc(-c4ccccc4)cc32)c(-c2ccccc2)c1-n1c2cccc3c4cccnc4c4cccc1c4c32. The normalized spacial score (nSPS) is 11.6. The van der Waals surface area contributed by atoms with Crippen LogP contribution in [0.1, 0.15) is 5.56 Å². The van der Waals surface area contributed by atoms with Gasteiger partial charge in [-0.25, -0.2) is 4.85 Å². The van der Waals surface area contributed by atoms with Crippen molar-refractivity contribution in [2.24, 2.45) is 0 Å². The van der Waals surface area contributed by atoms with Crippen LogP contribution in [0.15, 0.2) is 212 Å². The molecular weight excluding hydrogens is 803 g/mol. The standard InChI is InChI=1S/C61H35N5/c1-63-59-54(40-21-10-4-11-22-40)49(37-62)60(66-52-35-42(38-17-6-2-7-18-38)30-32-44(52)45-33-31-43(36-53(45)66)39-19-8-3-9-20-39)55(41-23-12-5-13-24-41)61(59)65-50-28-14-25-46-47-27-16-34-64-58(47)48-26-15-29-51(65)57(48)56(46)50/h2-36H. The molecule has 0 aliphatic heterocycles. The Balaban J connectivity index is 1.30. The quantitative estimate of drug-likeness (QED) is 0.124. The zero-order valence-electron chi connectivity index (χ0n) is 35.4. The summed E-state index contributed by atoms with van der Waals surface area (Å²) in [6.07, 6.45) is 1.86. The van der Waals surface area contributed by atoms with E-state index in [2.05, 4.69) is 160 Å². The Kier molecular flexibility index (Phi) is 8.27. The summed E-state index contributed by atoms with van der Waals surface area (Å²) in [5.41, 5.74) is 14.4. The van der Waals surface area contributed by atoms with E-state index in [0.717, 1.165) is 104 Å². The summed E-state index contributed by atoms with van der Waals surface area (Å²) < 4.78 is 4.62. The highest BCUT2D eigenvalue weighted by Crippen LogP contribution is 2.53. The Morgan fingerprint density at radius 1 is 0.409 bits per heavy atom. The molecule has 0 aliphatic carbocycles. The molecule has 0 saturated carbocycles. The minimum Gasteiger partial charge on any atom is -0.318 e. The molecule has 0 radical (unpaired) electrons. The number of nitriles is 1. The molecule has 0 spiro atoms. The number of hydrogen-bond donors (Lipinski definition) is 0. The largest absolute Gasteiger partial charge is 0.318 e. The number of rotatable bonds is 6. The van der Waals surface area contributed by atoms with Crippen molar-refractivity contribution in [1.82, 2.24) is 14.1 Å². The Morgan fingerprint density at radius 3 is 1.44 bits per heavy atom. The van der Waals surface area contributed by atoms with Crippen molar-refractivity contribution in [2.45, 2.75) is 0 Å². The van der Waals surface area contributed by atoms with Gasteiger partial charge in [0.05, 0.1) is 51.1 Å². The molecule has 13 aromatic rings. The fraction of sp³-hybridized carbons (Fsp3) is 0. The number of benzene rings is 10. The summed E-state index contributed by atoms with van der Waals surface area (Å²) in [6, 6.07) is 74.4. The number of fused-ring (bicyclic) bond motifs is 6. The van der Waals surface area contributed by atoms with Crippen LogP contribution in [-0.2, 0) is 0 Å². The predicted molar refractivity (Wildman–Crippen MR) is 272 cm³/mol. The van der Waals surface area contributed by atoms with Gasteiger partial charge in [0.15, 0.2) is 0 Å². The molecule has 0 amide bonds. The molecule has 0 aliphatic rings. The highest BCUT2D eigenvalue weighted by atomic mass is 15.0. The van der Waals surface area contributed by atoms with E-state index < -0.39 is 0 Å². The minimum absolute atomic E-state index is 0.403. The lowest BCUT2D eigenvalue weighted by atomic mass is 9.88. The molecule has 0 saturated heterocycles. The maximum atomic E-state index is 11.9. The molecule has 5 nitrogen and oxygen atoms in total. The van der Waals surface area contributed by atoms with E-state index in [0.29, 0.717) is 28.2 Å². The van der Waals surface area contributed by atoms with Crippen molar-refractivity contribution >= 4 is 71.0 Å². The van der Waals surface area contributed by atoms with Crippen molar-refractivity contribution in [3.63, 3.8) is 0 Å². The molecule has 13 rings (SSSR count). The monoisotopic (exact) mass is 837 g/mol. The second-order valence-electron chi connectivity index (χ2n) is 16.8. The van der Waals surface area contributed by atoms with Crippen LogP contribution in [-0.4, -0.2) is 14.1 Å². The van der Waals surface area contributed by atoms with Gasteiger partial charge in [-0.3, -0.25) is 4.98 Å². The Labute approximate surface area is 380 Å². The van der Waals surface area contributed by atoms with Gasteiger partial charge in [-0.15, -0.1) is 0 Å². The summed E-state index contributed by atoms with van der Waals surface area (Å²) in [4.78, 5) is 9.48. The van der Waals surface area contributed by atoms with Gasteiger partial charge in [-0.1, -0.05) is 176 Å². The lowest BCUT2D eigenvalue weighted by molar-refractivity contribution is 1.13. The molecule has 0 fully saturated rings. The van der Waals surface area contributed by atoms with Gasteiger partial charge in [0, 0.05) is 49.6 Å². The summed E-state index contributed by atoms with van der Waals surface area (Å²) in [7, 11) is 0. The third-order valence-corrected chi connectivity index (χ3v) is 13.4. The summed E-state index contributed by atoms with van der Waals surface area (Å²) in [6.45, 7) is 9.27. The van der Waals surface area contributed by atoms with E-state index >= 15 is 0 Å². The van der Waals surface area contributed by atoms with E-state index in [-0.39, 0.29) is 0 Å². The van der Waals surface area contributed by atoms with Crippen LogP contribution in [0.4, 0.5) is 5.69 Å². The predicted octanol–water partition coefficient (Wildman–Crippen LogP) is 16.1. The van der Waals surface area contributed by atoms with E-state index in [1.807, 2.05) is 72.9 Å². The number of pyridine rings is 1. The van der Waals surface area contributed by atoms with Crippen LogP contribution in [0.3, 0.4) is 0 Å². The van der Waals surface area contributed by atoms with E-state index in [4.69, 9.17) is 4.98 Å². The molecule has 0 unspecified atom stereocenters. The molecule has 5 heteroatoms. The van der Waals surface area contributed by atoms with Gasteiger partial charge >= 0.3 is 0 Å². The van der Waals surface area contributed by atoms with Crippen LogP contribution in [0.25, 0.3) is 126 Å². The number of aromatic nitrogens is 3. The van der Waals surface area contributed by atoms with E-state index in [1.165, 1.54) is 0 Å². The molecule has 3 aromatic heterocycles. The lowest BCUT2D eigenvalue weighted by Gasteiger charge is -2.26. The van der Waals surface area contributed by atoms with Crippen molar-refractivity contribution < 1.29 is 0 Å². The average Bonchev–Trinajstić information content (AvgIpc) is 3.90. The van der Waals surface area contributed by atoms with Crippen LogP contribution in [0.2, 0.25) is 0 Å². The maximum Gasteiger partial charge on any atom is 0.220 e. The van der Waals surface area contributed by atoms with Crippen LogP contribution < -0.4 is 0 Å². The van der Waals surface area contributed by atoms with Gasteiger partial charge in [-0.2, -0.15) is 5.26 Å². The average molecular weight is 838 g/mol.